The second-order valence-corrected chi connectivity index (χ2v) is 9.58. The van der Waals surface area contributed by atoms with Crippen molar-refractivity contribution in [3.8, 4) is 0 Å². The van der Waals surface area contributed by atoms with Crippen LogP contribution in [0.3, 0.4) is 0 Å². The number of hydrogen-bond acceptors (Lipinski definition) is 2. The number of carbonyl (C=O) groups is 1. The third-order valence-electron chi connectivity index (χ3n) is 7.54. The smallest absolute Gasteiger partial charge is 0.255 e. The first kappa shape index (κ1) is 21.6. The fourth-order valence-electron chi connectivity index (χ4n) is 6.04. The van der Waals surface area contributed by atoms with Crippen LogP contribution in [-0.2, 0) is 18.4 Å². The molecule has 4 aromatic rings. The van der Waals surface area contributed by atoms with E-state index in [1.807, 2.05) is 17.0 Å². The van der Waals surface area contributed by atoms with Crippen molar-refractivity contribution in [1.29, 1.82) is 0 Å². The van der Waals surface area contributed by atoms with Crippen LogP contribution in [0.15, 0.2) is 109 Å². The normalized spacial score (nSPS) is 20.5. The number of para-hydroxylation sites is 1. The zero-order valence-corrected chi connectivity index (χ0v) is 19.5. The van der Waals surface area contributed by atoms with E-state index >= 15 is 0 Å². The molecule has 2 aliphatic heterocycles. The fourth-order valence-corrected chi connectivity index (χ4v) is 6.04. The topological polar surface area (TPSA) is 23.6 Å². The van der Waals surface area contributed by atoms with Crippen molar-refractivity contribution in [1.82, 2.24) is 4.90 Å². The molecule has 0 saturated carbocycles. The van der Waals surface area contributed by atoms with Gasteiger partial charge in [-0.1, -0.05) is 78.9 Å². The number of nitrogens with zero attached hydrogens (tertiary/aromatic N) is 2. The number of benzene rings is 4. The van der Waals surface area contributed by atoms with Crippen LogP contribution in [0.1, 0.15) is 33.5 Å². The molecule has 2 heterocycles. The Bertz CT molecular complexity index is 1340. The van der Waals surface area contributed by atoms with Gasteiger partial charge in [-0.05, 0) is 59.9 Å². The minimum atomic E-state index is -0.333. The van der Waals surface area contributed by atoms with Crippen molar-refractivity contribution in [2.75, 3.05) is 11.4 Å². The zero-order valence-electron chi connectivity index (χ0n) is 19.5. The number of anilines is 1. The van der Waals surface area contributed by atoms with Gasteiger partial charge in [-0.25, -0.2) is 4.39 Å². The Morgan fingerprint density at radius 1 is 0.800 bits per heavy atom. The second-order valence-electron chi connectivity index (χ2n) is 9.58. The summed E-state index contributed by atoms with van der Waals surface area (Å²) in [5.74, 6) is -0.379. The van der Waals surface area contributed by atoms with Gasteiger partial charge in [0.1, 0.15) is 12.0 Å². The molecule has 0 N–H and O–H groups in total. The van der Waals surface area contributed by atoms with Crippen LogP contribution in [0.2, 0.25) is 0 Å². The van der Waals surface area contributed by atoms with Crippen molar-refractivity contribution in [2.45, 2.75) is 31.0 Å². The first-order chi connectivity index (χ1) is 17.2. The Morgan fingerprint density at radius 3 is 2.14 bits per heavy atom. The predicted molar refractivity (Wildman–Crippen MR) is 137 cm³/mol. The van der Waals surface area contributed by atoms with Crippen LogP contribution in [0.5, 0.6) is 0 Å². The molecule has 1 saturated heterocycles. The Kier molecular flexibility index (Phi) is 5.37. The third-order valence-corrected chi connectivity index (χ3v) is 7.54. The minimum Gasteiger partial charge on any atom is -0.346 e. The highest BCUT2D eigenvalue weighted by Crippen LogP contribution is 2.54. The first-order valence-corrected chi connectivity index (χ1v) is 12.2. The van der Waals surface area contributed by atoms with Gasteiger partial charge in [0.15, 0.2) is 0 Å². The monoisotopic (exact) mass is 462 g/mol. The largest absolute Gasteiger partial charge is 0.346 e. The average Bonchev–Trinajstić information content (AvgIpc) is 3.39. The predicted octanol–water partition coefficient (Wildman–Crippen LogP) is 6.20. The van der Waals surface area contributed by atoms with Crippen LogP contribution < -0.4 is 4.90 Å². The number of rotatable bonds is 5. The summed E-state index contributed by atoms with van der Waals surface area (Å²) in [6.45, 7) is 1.37. The van der Waals surface area contributed by atoms with Crippen molar-refractivity contribution in [3.05, 3.63) is 137 Å². The maximum absolute atomic E-state index is 13.8. The van der Waals surface area contributed by atoms with E-state index in [2.05, 4.69) is 77.7 Å². The summed E-state index contributed by atoms with van der Waals surface area (Å²) in [5.41, 5.74) is 5.28. The highest BCUT2D eigenvalue weighted by molar-refractivity contribution is 5.95. The lowest BCUT2D eigenvalue weighted by Gasteiger charge is -2.38. The SMILES string of the molecule is O=C(c1ccc(F)cc1)N1CCC2(Cc3ccccc3)c3ccccc3N(Cc3ccccc3)C12. The highest BCUT2D eigenvalue weighted by atomic mass is 19.1. The number of hydrogen-bond donors (Lipinski definition) is 0. The quantitative estimate of drug-likeness (QED) is 0.353. The van der Waals surface area contributed by atoms with Crippen LogP contribution in [0.25, 0.3) is 0 Å². The summed E-state index contributed by atoms with van der Waals surface area (Å²) >= 11 is 0. The second kappa shape index (κ2) is 8.70. The zero-order chi connectivity index (χ0) is 23.8. The molecule has 3 nitrogen and oxygen atoms in total. The molecule has 6 rings (SSSR count). The lowest BCUT2D eigenvalue weighted by atomic mass is 9.74. The molecular formula is C31H27FN2O. The molecule has 35 heavy (non-hydrogen) atoms. The molecular weight excluding hydrogens is 435 g/mol. The third kappa shape index (κ3) is 3.70. The number of amides is 1. The van der Waals surface area contributed by atoms with E-state index < -0.39 is 0 Å². The summed E-state index contributed by atoms with van der Waals surface area (Å²) in [5, 5.41) is 0. The maximum atomic E-state index is 13.8. The van der Waals surface area contributed by atoms with E-state index in [1.54, 1.807) is 12.1 Å². The highest BCUT2D eigenvalue weighted by Gasteiger charge is 2.58. The molecule has 174 valence electrons. The Morgan fingerprint density at radius 2 is 1.43 bits per heavy atom. The molecule has 2 atom stereocenters. The lowest BCUT2D eigenvalue weighted by Crippen LogP contribution is -2.52. The summed E-state index contributed by atoms with van der Waals surface area (Å²) in [6.07, 6.45) is 1.60. The van der Waals surface area contributed by atoms with Gasteiger partial charge in [0.2, 0.25) is 0 Å². The molecule has 1 fully saturated rings. The summed E-state index contributed by atoms with van der Waals surface area (Å²) in [4.78, 5) is 18.2. The molecule has 0 bridgehead atoms. The van der Waals surface area contributed by atoms with E-state index in [1.165, 1.54) is 34.5 Å². The van der Waals surface area contributed by atoms with Gasteiger partial charge in [0.05, 0.1) is 0 Å². The first-order valence-electron chi connectivity index (χ1n) is 12.2. The Balaban J connectivity index is 1.47. The Labute approximate surface area is 205 Å². The number of halogens is 1. The fraction of sp³-hybridized carbons (Fsp3) is 0.194. The number of likely N-dealkylation sites (tertiary alicyclic amines) is 1. The molecule has 4 aromatic carbocycles. The van der Waals surface area contributed by atoms with E-state index in [9.17, 15) is 9.18 Å². The maximum Gasteiger partial charge on any atom is 0.255 e. The summed E-state index contributed by atoms with van der Waals surface area (Å²) in [7, 11) is 0. The van der Waals surface area contributed by atoms with Gasteiger partial charge in [-0.15, -0.1) is 0 Å². The number of fused-ring (bicyclic) bond motifs is 3. The lowest BCUT2D eigenvalue weighted by molar-refractivity contribution is 0.0709. The van der Waals surface area contributed by atoms with E-state index in [0.717, 1.165) is 12.8 Å². The van der Waals surface area contributed by atoms with Gasteiger partial charge in [-0.3, -0.25) is 4.79 Å². The van der Waals surface area contributed by atoms with Crippen LogP contribution in [0.4, 0.5) is 10.1 Å². The Hall–Kier alpha value is -3.92. The molecule has 0 radical (unpaired) electrons. The molecule has 1 amide bonds. The van der Waals surface area contributed by atoms with E-state index in [0.29, 0.717) is 18.7 Å². The van der Waals surface area contributed by atoms with Crippen molar-refractivity contribution >= 4 is 11.6 Å². The van der Waals surface area contributed by atoms with Crippen LogP contribution in [-0.4, -0.2) is 23.5 Å². The van der Waals surface area contributed by atoms with Crippen molar-refractivity contribution in [3.63, 3.8) is 0 Å². The van der Waals surface area contributed by atoms with Gasteiger partial charge in [0, 0.05) is 29.8 Å². The van der Waals surface area contributed by atoms with Crippen molar-refractivity contribution in [2.24, 2.45) is 0 Å². The standard InChI is InChI=1S/C31H27FN2O/c32-26-17-15-25(16-18-26)29(35)33-20-19-31(21-23-9-3-1-4-10-23)27-13-7-8-14-28(27)34(30(31)33)22-24-11-5-2-6-12-24/h1-18,30H,19-22H2. The molecule has 0 spiro atoms. The van der Waals surface area contributed by atoms with Crippen LogP contribution in [0, 0.1) is 5.82 Å². The molecule has 2 unspecified atom stereocenters. The molecule has 0 aromatic heterocycles. The minimum absolute atomic E-state index is 0.0456. The van der Waals surface area contributed by atoms with Crippen molar-refractivity contribution < 1.29 is 9.18 Å². The van der Waals surface area contributed by atoms with Gasteiger partial charge in [-0.2, -0.15) is 0 Å². The van der Waals surface area contributed by atoms with Gasteiger partial charge >= 0.3 is 0 Å². The summed E-state index contributed by atoms with van der Waals surface area (Å²) in [6, 6.07) is 35.5. The molecule has 4 heteroatoms. The average molecular weight is 463 g/mol. The van der Waals surface area contributed by atoms with E-state index in [-0.39, 0.29) is 23.3 Å². The van der Waals surface area contributed by atoms with Gasteiger partial charge < -0.3 is 9.80 Å². The van der Waals surface area contributed by atoms with E-state index in [4.69, 9.17) is 0 Å². The molecule has 2 aliphatic rings. The van der Waals surface area contributed by atoms with Gasteiger partial charge in [0.25, 0.3) is 5.91 Å². The summed E-state index contributed by atoms with van der Waals surface area (Å²) < 4.78 is 13.6. The number of carbonyl (C=O) groups excluding carboxylic acids is 1. The molecule has 0 aliphatic carbocycles. The van der Waals surface area contributed by atoms with Crippen LogP contribution >= 0.6 is 0 Å².